The molecule has 1 aromatic heterocycles. The molecule has 2 N–H and O–H groups in total. The summed E-state index contributed by atoms with van der Waals surface area (Å²) < 4.78 is 43.3. The minimum atomic E-state index is -4.54. The highest BCUT2D eigenvalue weighted by Gasteiger charge is 2.27. The van der Waals surface area contributed by atoms with Gasteiger partial charge in [0.05, 0.1) is 19.2 Å². The number of hydrogen-bond acceptors (Lipinski definition) is 4. The summed E-state index contributed by atoms with van der Waals surface area (Å²) in [5.41, 5.74) is 2.12. The number of nitrogens with one attached hydrogen (secondary N) is 2. The number of ether oxygens (including phenoxy) is 1. The molecule has 0 unspecified atom stereocenters. The van der Waals surface area contributed by atoms with Gasteiger partial charge in [0.1, 0.15) is 18.2 Å². The van der Waals surface area contributed by atoms with Crippen molar-refractivity contribution >= 4 is 17.9 Å². The molecule has 0 spiro atoms. The normalized spacial score (nSPS) is 13.0. The third kappa shape index (κ3) is 6.74. The van der Waals surface area contributed by atoms with E-state index < -0.39 is 31.1 Å². The molecule has 0 aliphatic rings. The number of methoxy groups -OCH3 is 1. The number of amides is 2. The van der Waals surface area contributed by atoms with Crippen molar-refractivity contribution in [2.75, 3.05) is 26.8 Å². The van der Waals surface area contributed by atoms with E-state index in [-0.39, 0.29) is 11.6 Å². The Labute approximate surface area is 161 Å². The molecule has 1 heterocycles. The Morgan fingerprint density at radius 3 is 2.54 bits per heavy atom. The number of nitriles is 1. The monoisotopic (exact) mass is 400 g/mol. The molecule has 10 heteroatoms. The van der Waals surface area contributed by atoms with Crippen LogP contribution in [0, 0.1) is 25.2 Å². The highest BCUT2D eigenvalue weighted by Crippen LogP contribution is 2.22. The molecule has 7 nitrogen and oxygen atoms in total. The molecule has 1 aromatic rings. The van der Waals surface area contributed by atoms with E-state index >= 15 is 0 Å². The van der Waals surface area contributed by atoms with E-state index in [2.05, 4.69) is 5.32 Å². The van der Waals surface area contributed by atoms with Crippen LogP contribution in [0.5, 0.6) is 0 Å². The second-order valence-corrected chi connectivity index (χ2v) is 6.25. The molecule has 0 saturated carbocycles. The minimum absolute atomic E-state index is 0.0452. The summed E-state index contributed by atoms with van der Waals surface area (Å²) in [5.74, 6) is -1.85. The maximum absolute atomic E-state index is 12.1. The molecule has 0 fully saturated rings. The fourth-order valence-electron chi connectivity index (χ4n) is 2.76. The van der Waals surface area contributed by atoms with E-state index in [1.54, 1.807) is 18.5 Å². The molecule has 2 amide bonds. The lowest BCUT2D eigenvalue weighted by Crippen LogP contribution is -2.41. The van der Waals surface area contributed by atoms with Crippen LogP contribution in [-0.4, -0.2) is 49.4 Å². The number of carbonyl (C=O) groups is 2. The smallest absolute Gasteiger partial charge is 0.383 e. The lowest BCUT2D eigenvalue weighted by Gasteiger charge is -2.17. The van der Waals surface area contributed by atoms with Gasteiger partial charge in [-0.3, -0.25) is 9.59 Å². The highest BCUT2D eigenvalue weighted by molar-refractivity contribution is 6.03. The van der Waals surface area contributed by atoms with Gasteiger partial charge in [0, 0.05) is 18.5 Å². The lowest BCUT2D eigenvalue weighted by atomic mass is 10.1. The van der Waals surface area contributed by atoms with Crippen molar-refractivity contribution in [1.82, 2.24) is 15.2 Å². The Bertz CT molecular complexity index is 791. The lowest BCUT2D eigenvalue weighted by molar-refractivity contribution is -0.138. The topological polar surface area (TPSA) is 96.2 Å². The van der Waals surface area contributed by atoms with Crippen LogP contribution < -0.4 is 10.6 Å². The zero-order chi connectivity index (χ0) is 21.5. The van der Waals surface area contributed by atoms with Gasteiger partial charge >= 0.3 is 6.18 Å². The Kier molecular flexibility index (Phi) is 8.25. The van der Waals surface area contributed by atoms with Crippen molar-refractivity contribution in [3.63, 3.8) is 0 Å². The first-order valence-corrected chi connectivity index (χ1v) is 8.41. The quantitative estimate of drug-likeness (QED) is 0.515. The number of rotatable bonds is 8. The fourth-order valence-corrected chi connectivity index (χ4v) is 2.76. The van der Waals surface area contributed by atoms with E-state index in [0.717, 1.165) is 11.4 Å². The molecular formula is C18H23F3N4O3. The minimum Gasteiger partial charge on any atom is -0.383 e. The molecule has 1 atom stereocenters. The third-order valence-electron chi connectivity index (χ3n) is 3.93. The Hall–Kier alpha value is -2.80. The first kappa shape index (κ1) is 23.2. The molecule has 154 valence electrons. The summed E-state index contributed by atoms with van der Waals surface area (Å²) in [6, 6.07) is 3.60. The van der Waals surface area contributed by atoms with Crippen LogP contribution in [-0.2, 0) is 14.3 Å². The van der Waals surface area contributed by atoms with E-state index in [1.165, 1.54) is 6.08 Å². The van der Waals surface area contributed by atoms with Crippen LogP contribution >= 0.6 is 0 Å². The van der Waals surface area contributed by atoms with Gasteiger partial charge in [0.15, 0.2) is 0 Å². The number of aryl methyl sites for hydroxylation is 1. The average molecular weight is 400 g/mol. The highest BCUT2D eigenvalue weighted by atomic mass is 19.4. The molecule has 0 aliphatic carbocycles. The van der Waals surface area contributed by atoms with Gasteiger partial charge in [0.2, 0.25) is 5.91 Å². The largest absolute Gasteiger partial charge is 0.405 e. The van der Waals surface area contributed by atoms with Gasteiger partial charge in [-0.2, -0.15) is 18.4 Å². The van der Waals surface area contributed by atoms with E-state index in [0.29, 0.717) is 12.2 Å². The number of carbonyl (C=O) groups excluding carboxylic acids is 2. The van der Waals surface area contributed by atoms with Crippen LogP contribution in [0.1, 0.15) is 29.9 Å². The molecule has 0 radical (unpaired) electrons. The van der Waals surface area contributed by atoms with Crippen LogP contribution in [0.4, 0.5) is 13.2 Å². The Morgan fingerprint density at radius 1 is 1.36 bits per heavy atom. The Morgan fingerprint density at radius 2 is 2.00 bits per heavy atom. The van der Waals surface area contributed by atoms with Gasteiger partial charge < -0.3 is 19.9 Å². The van der Waals surface area contributed by atoms with Crippen LogP contribution in [0.2, 0.25) is 0 Å². The first-order chi connectivity index (χ1) is 13.0. The standard InChI is InChI=1S/C18H23F3N4O3/c1-11-5-14(13(3)25(11)12(2)9-28-4)6-15(7-22)17(27)23-8-16(26)24-10-18(19,20)21/h5-6,12H,8-10H2,1-4H3,(H,23,27)(H,24,26)/b15-6+/t12-/m0/s1. The summed E-state index contributed by atoms with van der Waals surface area (Å²) in [6.07, 6.45) is -3.17. The number of aromatic nitrogens is 1. The van der Waals surface area contributed by atoms with Gasteiger partial charge in [-0.15, -0.1) is 0 Å². The maximum atomic E-state index is 12.1. The first-order valence-electron chi connectivity index (χ1n) is 8.41. The van der Waals surface area contributed by atoms with Crippen molar-refractivity contribution in [3.05, 3.63) is 28.6 Å². The van der Waals surface area contributed by atoms with E-state index in [9.17, 15) is 28.0 Å². The van der Waals surface area contributed by atoms with Crippen molar-refractivity contribution < 1.29 is 27.5 Å². The van der Waals surface area contributed by atoms with E-state index in [4.69, 9.17) is 4.74 Å². The number of nitrogens with zero attached hydrogens (tertiary/aromatic N) is 2. The number of alkyl halides is 3. The van der Waals surface area contributed by atoms with E-state index in [1.807, 2.05) is 31.4 Å². The predicted molar refractivity (Wildman–Crippen MR) is 96.2 cm³/mol. The van der Waals surface area contributed by atoms with Crippen LogP contribution in [0.15, 0.2) is 11.6 Å². The molecule has 0 saturated heterocycles. The third-order valence-corrected chi connectivity index (χ3v) is 3.93. The van der Waals surface area contributed by atoms with Crippen molar-refractivity contribution in [2.45, 2.75) is 33.0 Å². The molecule has 0 aromatic carbocycles. The second-order valence-electron chi connectivity index (χ2n) is 6.25. The fraction of sp³-hybridized carbons (Fsp3) is 0.500. The zero-order valence-corrected chi connectivity index (χ0v) is 16.1. The van der Waals surface area contributed by atoms with Gasteiger partial charge in [-0.1, -0.05) is 0 Å². The average Bonchev–Trinajstić information content (AvgIpc) is 2.88. The molecule has 28 heavy (non-hydrogen) atoms. The number of halogens is 3. The van der Waals surface area contributed by atoms with Crippen LogP contribution in [0.3, 0.4) is 0 Å². The number of hydrogen-bond donors (Lipinski definition) is 2. The van der Waals surface area contributed by atoms with Gasteiger partial charge in [-0.05, 0) is 38.5 Å². The molecule has 0 bridgehead atoms. The second kappa shape index (κ2) is 9.94. The molecule has 1 rings (SSSR count). The zero-order valence-electron chi connectivity index (χ0n) is 16.1. The SMILES string of the molecule is COC[C@H](C)n1c(C)cc(/C=C(\C#N)C(=O)NCC(=O)NCC(F)(F)F)c1C. The summed E-state index contributed by atoms with van der Waals surface area (Å²) in [5, 5.41) is 13.0. The molecular weight excluding hydrogens is 377 g/mol. The van der Waals surface area contributed by atoms with Crippen LogP contribution in [0.25, 0.3) is 6.08 Å². The maximum Gasteiger partial charge on any atom is 0.405 e. The van der Waals surface area contributed by atoms with Crippen molar-refractivity contribution in [1.29, 1.82) is 5.26 Å². The van der Waals surface area contributed by atoms with Gasteiger partial charge in [0.25, 0.3) is 5.91 Å². The Balaban J connectivity index is 2.86. The van der Waals surface area contributed by atoms with Crippen molar-refractivity contribution in [2.24, 2.45) is 0 Å². The van der Waals surface area contributed by atoms with Crippen molar-refractivity contribution in [3.8, 4) is 6.07 Å². The predicted octanol–water partition coefficient (Wildman–Crippen LogP) is 2.01. The van der Waals surface area contributed by atoms with Gasteiger partial charge in [-0.25, -0.2) is 0 Å². The summed E-state index contributed by atoms with van der Waals surface area (Å²) in [7, 11) is 1.59. The summed E-state index contributed by atoms with van der Waals surface area (Å²) >= 11 is 0. The summed E-state index contributed by atoms with van der Waals surface area (Å²) in [6.45, 7) is 4.01. The summed E-state index contributed by atoms with van der Waals surface area (Å²) in [4.78, 5) is 23.5. The molecule has 0 aliphatic heterocycles.